The summed E-state index contributed by atoms with van der Waals surface area (Å²) in [5, 5.41) is 0. The van der Waals surface area contributed by atoms with Gasteiger partial charge < -0.3 is 4.74 Å². The predicted molar refractivity (Wildman–Crippen MR) is 51.9 cm³/mol. The first-order valence-corrected chi connectivity index (χ1v) is 4.03. The van der Waals surface area contributed by atoms with Crippen LogP contribution in [-0.4, -0.2) is 18.4 Å². The summed E-state index contributed by atoms with van der Waals surface area (Å²) in [6.07, 6.45) is 6.58. The van der Waals surface area contributed by atoms with E-state index in [-0.39, 0.29) is 0 Å². The molecule has 3 heteroatoms. The second kappa shape index (κ2) is 4.40. The monoisotopic (exact) mass is 177 g/mol. The summed E-state index contributed by atoms with van der Waals surface area (Å²) < 4.78 is 4.67. The van der Waals surface area contributed by atoms with E-state index in [2.05, 4.69) is 16.3 Å². The molecular weight excluding hydrogens is 166 g/mol. The number of hydrogen-bond donors (Lipinski definition) is 0. The van der Waals surface area contributed by atoms with Gasteiger partial charge in [-0.05, 0) is 18.6 Å². The molecule has 0 heterocycles. The molecule has 0 aliphatic heterocycles. The number of carbonyl (C=O) groups excluding carboxylic acids is 1. The Balaban J connectivity index is 2.71. The number of amides is 1. The molecule has 0 aromatic rings. The summed E-state index contributed by atoms with van der Waals surface area (Å²) >= 11 is 0. The molecule has 0 aromatic heterocycles. The van der Waals surface area contributed by atoms with E-state index in [0.717, 1.165) is 5.57 Å². The van der Waals surface area contributed by atoms with Crippen molar-refractivity contribution in [3.63, 3.8) is 0 Å². The van der Waals surface area contributed by atoms with Gasteiger partial charge in [0.15, 0.2) is 0 Å². The number of hydrogen-bond acceptors (Lipinski definition) is 2. The van der Waals surface area contributed by atoms with Gasteiger partial charge in [-0.3, -0.25) is 0 Å². The molecule has 0 N–H and O–H groups in total. The van der Waals surface area contributed by atoms with Crippen molar-refractivity contribution >= 4 is 11.8 Å². The summed E-state index contributed by atoms with van der Waals surface area (Å²) in [5.74, 6) is 0. The van der Waals surface area contributed by atoms with Crippen LogP contribution in [0, 0.1) is 0 Å². The minimum atomic E-state index is -0.571. The third-order valence-electron chi connectivity index (χ3n) is 1.47. The van der Waals surface area contributed by atoms with Gasteiger partial charge in [-0.15, -0.1) is 0 Å². The molecule has 0 bridgehead atoms. The summed E-state index contributed by atoms with van der Waals surface area (Å²) in [4.78, 5) is 14.7. The van der Waals surface area contributed by atoms with E-state index < -0.39 is 6.09 Å². The number of allylic oxidation sites excluding steroid dienone is 5. The minimum Gasteiger partial charge on any atom is -0.448 e. The predicted octanol–water partition coefficient (Wildman–Crippen LogP) is 2.27. The van der Waals surface area contributed by atoms with Crippen LogP contribution in [0.5, 0.6) is 0 Å². The molecule has 68 valence electrons. The highest BCUT2D eigenvalue weighted by molar-refractivity contribution is 6.14. The molecule has 1 aliphatic carbocycles. The van der Waals surface area contributed by atoms with Crippen molar-refractivity contribution in [3.05, 3.63) is 36.5 Å². The lowest BCUT2D eigenvalue weighted by atomic mass is 10.1. The van der Waals surface area contributed by atoms with Gasteiger partial charge in [0.1, 0.15) is 0 Å². The van der Waals surface area contributed by atoms with E-state index >= 15 is 0 Å². The van der Waals surface area contributed by atoms with Gasteiger partial charge in [0.2, 0.25) is 0 Å². The van der Waals surface area contributed by atoms with Crippen molar-refractivity contribution in [3.8, 4) is 0 Å². The average molecular weight is 177 g/mol. The van der Waals surface area contributed by atoms with Gasteiger partial charge in [-0.1, -0.05) is 24.8 Å². The Morgan fingerprint density at radius 2 is 2.23 bits per heavy atom. The second-order valence-electron chi connectivity index (χ2n) is 2.44. The maximum Gasteiger partial charge on any atom is 0.434 e. The lowest BCUT2D eigenvalue weighted by molar-refractivity contribution is 0.163. The third kappa shape index (κ3) is 2.71. The summed E-state index contributed by atoms with van der Waals surface area (Å²) in [6, 6.07) is 0. The molecule has 0 spiro atoms. The molecule has 3 nitrogen and oxygen atoms in total. The summed E-state index contributed by atoms with van der Waals surface area (Å²) in [6.45, 7) is 5.81. The van der Waals surface area contributed by atoms with Crippen molar-refractivity contribution in [2.45, 2.75) is 6.92 Å². The fraction of sp³-hybridized carbons (Fsp3) is 0.200. The fourth-order valence-corrected chi connectivity index (χ4v) is 0.874. The molecule has 0 radical (unpaired) electrons. The molecule has 1 rings (SSSR count). The fourth-order valence-electron chi connectivity index (χ4n) is 0.874. The zero-order chi connectivity index (χ0) is 9.68. The Morgan fingerprint density at radius 3 is 2.85 bits per heavy atom. The number of nitrogens with zero attached hydrogens (tertiary/aromatic N) is 1. The standard InChI is InChI=1S/C10H11NO2/c1-3-13-10(12)11-9-7-5-4-6-8(9)2/h4-7H,2-3H2,1H3/b11-9-. The highest BCUT2D eigenvalue weighted by atomic mass is 16.5. The Morgan fingerprint density at radius 1 is 1.54 bits per heavy atom. The number of aliphatic imine (C=N–C) groups is 1. The first kappa shape index (κ1) is 9.45. The smallest absolute Gasteiger partial charge is 0.434 e. The number of rotatable bonds is 1. The third-order valence-corrected chi connectivity index (χ3v) is 1.47. The lowest BCUT2D eigenvalue weighted by Crippen LogP contribution is -2.05. The maximum atomic E-state index is 10.9. The Labute approximate surface area is 77.1 Å². The maximum absolute atomic E-state index is 10.9. The Hall–Kier alpha value is -1.64. The molecule has 13 heavy (non-hydrogen) atoms. The van der Waals surface area contributed by atoms with Gasteiger partial charge in [0, 0.05) is 0 Å². The van der Waals surface area contributed by atoms with Crippen LogP contribution in [0.3, 0.4) is 0 Å². The van der Waals surface area contributed by atoms with Crippen LogP contribution in [0.25, 0.3) is 0 Å². The van der Waals surface area contributed by atoms with E-state index in [1.165, 1.54) is 0 Å². The lowest BCUT2D eigenvalue weighted by Gasteiger charge is -2.03. The normalized spacial score (nSPS) is 17.9. The zero-order valence-corrected chi connectivity index (χ0v) is 7.49. The SMILES string of the molecule is C=C1C=CC=C/C1=N/C(=O)OCC. The van der Waals surface area contributed by atoms with E-state index in [4.69, 9.17) is 0 Å². The van der Waals surface area contributed by atoms with Crippen molar-refractivity contribution in [2.24, 2.45) is 4.99 Å². The van der Waals surface area contributed by atoms with Crippen molar-refractivity contribution < 1.29 is 9.53 Å². The Bertz CT molecular complexity index is 311. The molecule has 0 aromatic carbocycles. The second-order valence-corrected chi connectivity index (χ2v) is 2.44. The first-order chi connectivity index (χ1) is 6.24. The summed E-state index contributed by atoms with van der Waals surface area (Å²) in [5.41, 5.74) is 1.27. The average Bonchev–Trinajstić information content (AvgIpc) is 2.09. The highest BCUT2D eigenvalue weighted by Gasteiger charge is 2.04. The van der Waals surface area contributed by atoms with Crippen LogP contribution < -0.4 is 0 Å². The highest BCUT2D eigenvalue weighted by Crippen LogP contribution is 2.06. The van der Waals surface area contributed by atoms with Crippen LogP contribution >= 0.6 is 0 Å². The topological polar surface area (TPSA) is 38.7 Å². The van der Waals surface area contributed by atoms with E-state index in [0.29, 0.717) is 12.3 Å². The number of ether oxygens (including phenoxy) is 1. The largest absolute Gasteiger partial charge is 0.448 e. The summed E-state index contributed by atoms with van der Waals surface area (Å²) in [7, 11) is 0. The van der Waals surface area contributed by atoms with E-state index in [9.17, 15) is 4.79 Å². The molecule has 0 atom stereocenters. The van der Waals surface area contributed by atoms with Crippen LogP contribution in [0.15, 0.2) is 41.4 Å². The van der Waals surface area contributed by atoms with Crippen molar-refractivity contribution in [2.75, 3.05) is 6.61 Å². The van der Waals surface area contributed by atoms with Gasteiger partial charge in [-0.25, -0.2) is 4.79 Å². The molecule has 0 saturated carbocycles. The van der Waals surface area contributed by atoms with E-state index in [1.807, 2.05) is 6.08 Å². The van der Waals surface area contributed by atoms with Crippen LogP contribution in [0.4, 0.5) is 4.79 Å². The first-order valence-electron chi connectivity index (χ1n) is 4.03. The molecule has 0 fully saturated rings. The van der Waals surface area contributed by atoms with E-state index in [1.54, 1.807) is 25.2 Å². The van der Waals surface area contributed by atoms with Gasteiger partial charge in [0.05, 0.1) is 12.3 Å². The number of carbonyl (C=O) groups is 1. The Kier molecular flexibility index (Phi) is 3.20. The van der Waals surface area contributed by atoms with Crippen LogP contribution in [-0.2, 0) is 4.74 Å². The van der Waals surface area contributed by atoms with Crippen LogP contribution in [0.2, 0.25) is 0 Å². The zero-order valence-electron chi connectivity index (χ0n) is 7.49. The molecule has 1 amide bonds. The molecule has 0 unspecified atom stereocenters. The molecule has 0 saturated heterocycles. The molecular formula is C10H11NO2. The van der Waals surface area contributed by atoms with Gasteiger partial charge in [-0.2, -0.15) is 4.99 Å². The van der Waals surface area contributed by atoms with Gasteiger partial charge >= 0.3 is 6.09 Å². The minimum absolute atomic E-state index is 0.335. The van der Waals surface area contributed by atoms with Crippen LogP contribution in [0.1, 0.15) is 6.92 Å². The van der Waals surface area contributed by atoms with Gasteiger partial charge in [0.25, 0.3) is 0 Å². The van der Waals surface area contributed by atoms with Crippen molar-refractivity contribution in [1.29, 1.82) is 0 Å². The molecule has 1 aliphatic rings. The quantitative estimate of drug-likeness (QED) is 0.616. The van der Waals surface area contributed by atoms with Crippen molar-refractivity contribution in [1.82, 2.24) is 0 Å².